The van der Waals surface area contributed by atoms with E-state index in [9.17, 15) is 5.11 Å². The Balaban J connectivity index is 2.53. The van der Waals surface area contributed by atoms with Gasteiger partial charge in [0.2, 0.25) is 0 Å². The Kier molecular flexibility index (Phi) is 1.66. The number of hydrogen-bond acceptors (Lipinski definition) is 3. The van der Waals surface area contributed by atoms with E-state index in [0.29, 0.717) is 5.69 Å². The van der Waals surface area contributed by atoms with Gasteiger partial charge in [-0.1, -0.05) is 0 Å². The number of nitrogens with zero attached hydrogens (tertiary/aromatic N) is 2. The predicted molar refractivity (Wildman–Crippen MR) is 46.9 cm³/mol. The minimum Gasteiger partial charge on any atom is -0.508 e. The molecule has 0 saturated heterocycles. The third-order valence-electron chi connectivity index (χ3n) is 1.71. The zero-order valence-electron chi connectivity index (χ0n) is 6.75. The first-order valence-electron chi connectivity index (χ1n) is 3.79. The fourth-order valence-corrected chi connectivity index (χ4v) is 1.12. The van der Waals surface area contributed by atoms with Gasteiger partial charge in [0.1, 0.15) is 17.2 Å². The maximum atomic E-state index is 9.44. The molecule has 1 aromatic carbocycles. The number of hydrogen-bond donors (Lipinski definition) is 2. The van der Waals surface area contributed by atoms with E-state index >= 15 is 0 Å². The minimum atomic E-state index is 0.00343. The Bertz CT molecular complexity index is 410. The second kappa shape index (κ2) is 2.82. The van der Waals surface area contributed by atoms with Crippen LogP contribution in [0, 0.1) is 0 Å². The van der Waals surface area contributed by atoms with Crippen molar-refractivity contribution in [1.29, 1.82) is 0 Å². The first-order valence-corrected chi connectivity index (χ1v) is 3.79. The SMILES string of the molecule is Oc1ccc(-n2cccn2)c(O)c1. The van der Waals surface area contributed by atoms with Crippen molar-refractivity contribution < 1.29 is 10.2 Å². The van der Waals surface area contributed by atoms with Gasteiger partial charge in [0.15, 0.2) is 0 Å². The Hall–Kier alpha value is -1.97. The van der Waals surface area contributed by atoms with E-state index in [1.54, 1.807) is 24.5 Å². The van der Waals surface area contributed by atoms with Gasteiger partial charge in [-0.15, -0.1) is 0 Å². The van der Waals surface area contributed by atoms with Gasteiger partial charge < -0.3 is 10.2 Å². The third kappa shape index (κ3) is 1.33. The first kappa shape index (κ1) is 7.67. The van der Waals surface area contributed by atoms with Crippen LogP contribution in [0.5, 0.6) is 11.5 Å². The maximum absolute atomic E-state index is 9.44. The van der Waals surface area contributed by atoms with Crippen LogP contribution in [-0.2, 0) is 0 Å². The van der Waals surface area contributed by atoms with Crippen molar-refractivity contribution in [2.24, 2.45) is 0 Å². The van der Waals surface area contributed by atoms with Crippen molar-refractivity contribution in [2.45, 2.75) is 0 Å². The van der Waals surface area contributed by atoms with Crippen LogP contribution in [0.1, 0.15) is 0 Å². The summed E-state index contributed by atoms with van der Waals surface area (Å²) in [6.45, 7) is 0. The lowest BCUT2D eigenvalue weighted by atomic mass is 10.3. The average Bonchev–Trinajstić information content (AvgIpc) is 2.56. The fraction of sp³-hybridized carbons (Fsp3) is 0. The highest BCUT2D eigenvalue weighted by Gasteiger charge is 2.03. The second-order valence-electron chi connectivity index (χ2n) is 2.62. The number of phenolic OH excluding ortho intramolecular Hbond substituents is 2. The van der Waals surface area contributed by atoms with Gasteiger partial charge in [-0.25, -0.2) is 4.68 Å². The first-order chi connectivity index (χ1) is 6.27. The molecule has 0 amide bonds. The molecule has 1 heterocycles. The number of aromatic hydroxyl groups is 2. The molecule has 0 unspecified atom stereocenters. The van der Waals surface area contributed by atoms with Crippen molar-refractivity contribution in [3.8, 4) is 17.2 Å². The van der Waals surface area contributed by atoms with Crippen LogP contribution in [0.4, 0.5) is 0 Å². The molecular formula is C9H8N2O2. The lowest BCUT2D eigenvalue weighted by Gasteiger charge is -2.03. The van der Waals surface area contributed by atoms with E-state index in [1.165, 1.54) is 16.8 Å². The smallest absolute Gasteiger partial charge is 0.144 e. The van der Waals surface area contributed by atoms with E-state index in [2.05, 4.69) is 5.10 Å². The molecule has 4 heteroatoms. The molecule has 0 saturated carbocycles. The summed E-state index contributed by atoms with van der Waals surface area (Å²) in [5, 5.41) is 22.4. The van der Waals surface area contributed by atoms with Gasteiger partial charge in [-0.3, -0.25) is 0 Å². The summed E-state index contributed by atoms with van der Waals surface area (Å²) in [4.78, 5) is 0. The van der Waals surface area contributed by atoms with E-state index in [0.717, 1.165) is 0 Å². The maximum Gasteiger partial charge on any atom is 0.144 e. The third-order valence-corrected chi connectivity index (χ3v) is 1.71. The normalized spacial score (nSPS) is 10.2. The van der Waals surface area contributed by atoms with Crippen LogP contribution in [0.15, 0.2) is 36.7 Å². The van der Waals surface area contributed by atoms with E-state index < -0.39 is 0 Å². The van der Waals surface area contributed by atoms with E-state index in [4.69, 9.17) is 5.11 Å². The predicted octanol–water partition coefficient (Wildman–Crippen LogP) is 1.28. The molecule has 0 fully saturated rings. The van der Waals surface area contributed by atoms with Crippen LogP contribution in [-0.4, -0.2) is 20.0 Å². The standard InChI is InChI=1S/C9H8N2O2/c12-7-2-3-8(9(13)6-7)11-5-1-4-10-11/h1-6,12-13H. The summed E-state index contributed by atoms with van der Waals surface area (Å²) in [5.74, 6) is 0.0390. The van der Waals surface area contributed by atoms with Gasteiger partial charge in [0.25, 0.3) is 0 Å². The van der Waals surface area contributed by atoms with Crippen LogP contribution >= 0.6 is 0 Å². The molecule has 0 radical (unpaired) electrons. The second-order valence-corrected chi connectivity index (χ2v) is 2.62. The van der Waals surface area contributed by atoms with E-state index in [-0.39, 0.29) is 11.5 Å². The van der Waals surface area contributed by atoms with Crippen molar-refractivity contribution in [2.75, 3.05) is 0 Å². The highest BCUT2D eigenvalue weighted by molar-refractivity contribution is 5.48. The summed E-state index contributed by atoms with van der Waals surface area (Å²) in [7, 11) is 0. The number of benzene rings is 1. The molecule has 0 aliphatic carbocycles. The molecule has 2 aromatic rings. The lowest BCUT2D eigenvalue weighted by Crippen LogP contribution is -1.93. The Labute approximate surface area is 74.7 Å². The molecule has 66 valence electrons. The van der Waals surface area contributed by atoms with Gasteiger partial charge in [-0.2, -0.15) is 5.10 Å². The molecule has 0 atom stereocenters. The highest BCUT2D eigenvalue weighted by atomic mass is 16.3. The molecule has 4 nitrogen and oxygen atoms in total. The Morgan fingerprint density at radius 2 is 2.08 bits per heavy atom. The van der Waals surface area contributed by atoms with Gasteiger partial charge in [0.05, 0.1) is 0 Å². The molecule has 0 aliphatic rings. The Morgan fingerprint density at radius 1 is 1.23 bits per heavy atom. The molecule has 0 bridgehead atoms. The largest absolute Gasteiger partial charge is 0.508 e. The lowest BCUT2D eigenvalue weighted by molar-refractivity contribution is 0.447. The summed E-state index contributed by atoms with van der Waals surface area (Å²) < 4.78 is 1.52. The van der Waals surface area contributed by atoms with E-state index in [1.807, 2.05) is 0 Å². The van der Waals surface area contributed by atoms with Crippen LogP contribution in [0.2, 0.25) is 0 Å². The highest BCUT2D eigenvalue weighted by Crippen LogP contribution is 2.24. The molecule has 0 aliphatic heterocycles. The summed E-state index contributed by atoms with van der Waals surface area (Å²) in [6.07, 6.45) is 3.33. The van der Waals surface area contributed by atoms with Crippen molar-refractivity contribution in [3.05, 3.63) is 36.7 Å². The van der Waals surface area contributed by atoms with Gasteiger partial charge in [0, 0.05) is 18.5 Å². The zero-order chi connectivity index (χ0) is 9.26. The molecule has 1 aromatic heterocycles. The number of rotatable bonds is 1. The topological polar surface area (TPSA) is 58.3 Å². The minimum absolute atomic E-state index is 0.00343. The summed E-state index contributed by atoms with van der Waals surface area (Å²) >= 11 is 0. The quantitative estimate of drug-likeness (QED) is 0.688. The summed E-state index contributed by atoms with van der Waals surface area (Å²) in [5.41, 5.74) is 0.544. The molecule has 2 rings (SSSR count). The fourth-order valence-electron chi connectivity index (χ4n) is 1.12. The van der Waals surface area contributed by atoms with Crippen molar-refractivity contribution >= 4 is 0 Å². The molecule has 2 N–H and O–H groups in total. The van der Waals surface area contributed by atoms with Gasteiger partial charge >= 0.3 is 0 Å². The van der Waals surface area contributed by atoms with Crippen LogP contribution in [0.25, 0.3) is 5.69 Å². The monoisotopic (exact) mass is 176 g/mol. The molecule has 0 spiro atoms. The van der Waals surface area contributed by atoms with Crippen LogP contribution in [0.3, 0.4) is 0 Å². The van der Waals surface area contributed by atoms with Crippen molar-refractivity contribution in [3.63, 3.8) is 0 Å². The molecule has 13 heavy (non-hydrogen) atoms. The van der Waals surface area contributed by atoms with Gasteiger partial charge in [-0.05, 0) is 18.2 Å². The zero-order valence-corrected chi connectivity index (χ0v) is 6.75. The number of phenols is 2. The molecular weight excluding hydrogens is 168 g/mol. The average molecular weight is 176 g/mol. The Morgan fingerprint density at radius 3 is 2.69 bits per heavy atom. The van der Waals surface area contributed by atoms with Crippen molar-refractivity contribution in [1.82, 2.24) is 9.78 Å². The number of aromatic nitrogens is 2. The van der Waals surface area contributed by atoms with Crippen LogP contribution < -0.4 is 0 Å². The summed E-state index contributed by atoms with van der Waals surface area (Å²) in [6, 6.07) is 6.12.